The second kappa shape index (κ2) is 5.95. The fourth-order valence-electron chi connectivity index (χ4n) is 1.81. The molecule has 2 aromatic carbocycles. The quantitative estimate of drug-likeness (QED) is 0.803. The SMILES string of the molecule is COc1ccc(Cl)cc1S(=O)(=O)Oc1cc(C)ccc1C. The fourth-order valence-corrected chi connectivity index (χ4v) is 3.22. The number of benzene rings is 2. The van der Waals surface area contributed by atoms with Crippen LogP contribution in [0.25, 0.3) is 0 Å². The van der Waals surface area contributed by atoms with Gasteiger partial charge in [-0.25, -0.2) is 0 Å². The normalized spacial score (nSPS) is 11.2. The molecule has 0 bridgehead atoms. The molecule has 0 aromatic heterocycles. The highest BCUT2D eigenvalue weighted by Crippen LogP contribution is 2.30. The highest BCUT2D eigenvalue weighted by molar-refractivity contribution is 7.87. The van der Waals surface area contributed by atoms with Gasteiger partial charge in [-0.05, 0) is 49.2 Å². The standard InChI is InChI=1S/C15H15ClO4S/c1-10-4-5-11(2)14(8-10)20-21(17,18)15-9-12(16)6-7-13(15)19-3/h4-9H,1-3H3. The molecule has 0 unspecified atom stereocenters. The third-order valence-corrected chi connectivity index (χ3v) is 4.43. The van der Waals surface area contributed by atoms with Gasteiger partial charge in [0.1, 0.15) is 16.4 Å². The molecule has 21 heavy (non-hydrogen) atoms. The van der Waals surface area contributed by atoms with Gasteiger partial charge in [0.25, 0.3) is 0 Å². The molecular weight excluding hydrogens is 312 g/mol. The largest absolute Gasteiger partial charge is 0.495 e. The van der Waals surface area contributed by atoms with Crippen molar-refractivity contribution in [3.8, 4) is 11.5 Å². The van der Waals surface area contributed by atoms with E-state index in [4.69, 9.17) is 20.5 Å². The van der Waals surface area contributed by atoms with Gasteiger partial charge >= 0.3 is 10.1 Å². The molecule has 0 radical (unpaired) electrons. The van der Waals surface area contributed by atoms with Gasteiger partial charge in [0.15, 0.2) is 0 Å². The van der Waals surface area contributed by atoms with E-state index in [1.54, 1.807) is 25.1 Å². The summed E-state index contributed by atoms with van der Waals surface area (Å²) in [4.78, 5) is -0.0987. The summed E-state index contributed by atoms with van der Waals surface area (Å²) in [6, 6.07) is 9.70. The number of rotatable bonds is 4. The van der Waals surface area contributed by atoms with E-state index >= 15 is 0 Å². The number of halogens is 1. The Morgan fingerprint density at radius 3 is 2.38 bits per heavy atom. The van der Waals surface area contributed by atoms with Gasteiger partial charge in [-0.3, -0.25) is 0 Å². The van der Waals surface area contributed by atoms with Gasteiger partial charge in [-0.1, -0.05) is 23.7 Å². The van der Waals surface area contributed by atoms with Crippen molar-refractivity contribution in [2.45, 2.75) is 18.7 Å². The molecule has 112 valence electrons. The van der Waals surface area contributed by atoms with Crippen LogP contribution in [0.15, 0.2) is 41.3 Å². The van der Waals surface area contributed by atoms with E-state index < -0.39 is 10.1 Å². The van der Waals surface area contributed by atoms with Crippen LogP contribution in [0, 0.1) is 13.8 Å². The van der Waals surface area contributed by atoms with E-state index in [-0.39, 0.29) is 16.4 Å². The average Bonchev–Trinajstić information content (AvgIpc) is 2.42. The summed E-state index contributed by atoms with van der Waals surface area (Å²) in [5.41, 5.74) is 1.63. The van der Waals surface area contributed by atoms with Crippen LogP contribution in [0.3, 0.4) is 0 Å². The molecule has 2 rings (SSSR count). The van der Waals surface area contributed by atoms with Crippen molar-refractivity contribution < 1.29 is 17.3 Å². The second-order valence-corrected chi connectivity index (χ2v) is 6.55. The molecule has 0 saturated heterocycles. The summed E-state index contributed by atoms with van der Waals surface area (Å²) in [5, 5.41) is 0.291. The van der Waals surface area contributed by atoms with Crippen LogP contribution >= 0.6 is 11.6 Å². The highest BCUT2D eigenvalue weighted by atomic mass is 35.5. The Morgan fingerprint density at radius 2 is 1.71 bits per heavy atom. The van der Waals surface area contributed by atoms with Crippen molar-refractivity contribution in [1.82, 2.24) is 0 Å². The van der Waals surface area contributed by atoms with E-state index in [1.807, 2.05) is 13.0 Å². The number of hydrogen-bond acceptors (Lipinski definition) is 4. The van der Waals surface area contributed by atoms with Crippen molar-refractivity contribution >= 4 is 21.7 Å². The van der Waals surface area contributed by atoms with Crippen LogP contribution in [-0.2, 0) is 10.1 Å². The van der Waals surface area contributed by atoms with Crippen molar-refractivity contribution in [3.63, 3.8) is 0 Å². The van der Waals surface area contributed by atoms with Crippen LogP contribution < -0.4 is 8.92 Å². The minimum absolute atomic E-state index is 0.0987. The molecule has 0 saturated carbocycles. The van der Waals surface area contributed by atoms with Gasteiger partial charge in [0.05, 0.1) is 7.11 Å². The van der Waals surface area contributed by atoms with Gasteiger partial charge < -0.3 is 8.92 Å². The lowest BCUT2D eigenvalue weighted by Crippen LogP contribution is -2.12. The molecule has 0 aliphatic carbocycles. The minimum Gasteiger partial charge on any atom is -0.495 e. The first-order valence-electron chi connectivity index (χ1n) is 6.19. The third-order valence-electron chi connectivity index (χ3n) is 2.94. The fraction of sp³-hybridized carbons (Fsp3) is 0.200. The number of hydrogen-bond donors (Lipinski definition) is 0. The second-order valence-electron chi connectivity index (χ2n) is 4.60. The number of methoxy groups -OCH3 is 1. The molecule has 4 nitrogen and oxygen atoms in total. The first-order valence-corrected chi connectivity index (χ1v) is 7.97. The highest BCUT2D eigenvalue weighted by Gasteiger charge is 2.23. The molecule has 0 amide bonds. The van der Waals surface area contributed by atoms with E-state index in [9.17, 15) is 8.42 Å². The smallest absolute Gasteiger partial charge is 0.342 e. The molecule has 2 aromatic rings. The maximum atomic E-state index is 12.4. The van der Waals surface area contributed by atoms with Gasteiger partial charge in [0, 0.05) is 5.02 Å². The average molecular weight is 327 g/mol. The Hall–Kier alpha value is -1.72. The topological polar surface area (TPSA) is 52.6 Å². The Balaban J connectivity index is 2.48. The van der Waals surface area contributed by atoms with Crippen LogP contribution in [0.2, 0.25) is 5.02 Å². The molecule has 0 aliphatic rings. The Morgan fingerprint density at radius 1 is 1.00 bits per heavy atom. The Kier molecular flexibility index (Phi) is 4.44. The Labute approximate surface area is 129 Å². The monoisotopic (exact) mass is 326 g/mol. The Bertz CT molecular complexity index is 769. The predicted octanol–water partition coefficient (Wildman–Crippen LogP) is 3.73. The molecule has 0 spiro atoms. The van der Waals surface area contributed by atoms with Crippen molar-refractivity contribution in [2.75, 3.05) is 7.11 Å². The van der Waals surface area contributed by atoms with Crippen molar-refractivity contribution in [3.05, 3.63) is 52.5 Å². The van der Waals surface area contributed by atoms with Gasteiger partial charge in [0.2, 0.25) is 0 Å². The first kappa shape index (κ1) is 15.7. The van der Waals surface area contributed by atoms with E-state index in [0.717, 1.165) is 11.1 Å². The van der Waals surface area contributed by atoms with Crippen LogP contribution in [0.1, 0.15) is 11.1 Å². The summed E-state index contributed by atoms with van der Waals surface area (Å²) in [6.45, 7) is 3.64. The maximum absolute atomic E-state index is 12.4. The van der Waals surface area contributed by atoms with Crippen LogP contribution in [0.5, 0.6) is 11.5 Å². The van der Waals surface area contributed by atoms with Gasteiger partial charge in [-0.15, -0.1) is 0 Å². The van der Waals surface area contributed by atoms with Crippen molar-refractivity contribution in [2.24, 2.45) is 0 Å². The summed E-state index contributed by atoms with van der Waals surface area (Å²) in [6.07, 6.45) is 0. The first-order chi connectivity index (χ1) is 9.83. The summed E-state index contributed by atoms with van der Waals surface area (Å²) in [7, 11) is -2.64. The zero-order chi connectivity index (χ0) is 15.6. The lowest BCUT2D eigenvalue weighted by Gasteiger charge is -2.12. The summed E-state index contributed by atoms with van der Waals surface area (Å²) in [5.74, 6) is 0.474. The molecule has 0 N–H and O–H groups in total. The van der Waals surface area contributed by atoms with E-state index in [2.05, 4.69) is 0 Å². The molecular formula is C15H15ClO4S. The van der Waals surface area contributed by atoms with E-state index in [0.29, 0.717) is 5.02 Å². The lowest BCUT2D eigenvalue weighted by molar-refractivity contribution is 0.398. The number of aryl methyl sites for hydroxylation is 2. The summed E-state index contributed by atoms with van der Waals surface area (Å²) < 4.78 is 35.2. The zero-order valence-electron chi connectivity index (χ0n) is 11.9. The van der Waals surface area contributed by atoms with Crippen molar-refractivity contribution in [1.29, 1.82) is 0 Å². The molecule has 0 fully saturated rings. The minimum atomic E-state index is -4.03. The van der Waals surface area contributed by atoms with Gasteiger partial charge in [-0.2, -0.15) is 8.42 Å². The number of ether oxygens (including phenoxy) is 1. The van der Waals surface area contributed by atoms with Crippen LogP contribution in [-0.4, -0.2) is 15.5 Å². The predicted molar refractivity (Wildman–Crippen MR) is 81.7 cm³/mol. The van der Waals surface area contributed by atoms with E-state index in [1.165, 1.54) is 19.2 Å². The molecule has 0 atom stereocenters. The molecule has 0 heterocycles. The molecule has 6 heteroatoms. The lowest BCUT2D eigenvalue weighted by atomic mass is 10.1. The molecule has 0 aliphatic heterocycles. The maximum Gasteiger partial charge on any atom is 0.342 e. The summed E-state index contributed by atoms with van der Waals surface area (Å²) >= 11 is 5.86. The van der Waals surface area contributed by atoms with Crippen LogP contribution in [0.4, 0.5) is 0 Å². The third kappa shape index (κ3) is 3.49. The zero-order valence-corrected chi connectivity index (χ0v) is 13.5.